The SMILES string of the molecule is Cc1ccc(-c2cc(CN)nc(N3CCCCCC3)n2)cc1.Cl. The summed E-state index contributed by atoms with van der Waals surface area (Å²) in [5.74, 6) is 0.834. The number of aryl methyl sites for hydroxylation is 1. The standard InChI is InChI=1S/C18H24N4.ClH/c1-14-6-8-15(9-7-14)17-12-16(13-19)20-18(21-17)22-10-4-2-3-5-11-22;/h6-9,12H,2-5,10-11,13,19H2,1H3;1H. The second-order valence-corrected chi connectivity index (χ2v) is 6.02. The molecule has 3 rings (SSSR count). The van der Waals surface area contributed by atoms with Gasteiger partial charge in [-0.2, -0.15) is 0 Å². The number of rotatable bonds is 3. The van der Waals surface area contributed by atoms with Crippen molar-refractivity contribution < 1.29 is 0 Å². The van der Waals surface area contributed by atoms with E-state index < -0.39 is 0 Å². The van der Waals surface area contributed by atoms with Crippen molar-refractivity contribution in [2.24, 2.45) is 5.73 Å². The Morgan fingerprint density at radius 3 is 2.26 bits per heavy atom. The minimum atomic E-state index is 0. The molecule has 0 amide bonds. The van der Waals surface area contributed by atoms with E-state index in [1.165, 1.54) is 31.2 Å². The highest BCUT2D eigenvalue weighted by Gasteiger charge is 2.14. The monoisotopic (exact) mass is 332 g/mol. The van der Waals surface area contributed by atoms with Crippen LogP contribution in [0.3, 0.4) is 0 Å². The van der Waals surface area contributed by atoms with Gasteiger partial charge in [0.2, 0.25) is 5.95 Å². The molecule has 124 valence electrons. The topological polar surface area (TPSA) is 55.0 Å². The Kier molecular flexibility index (Phi) is 6.37. The lowest BCUT2D eigenvalue weighted by molar-refractivity contribution is 0.726. The van der Waals surface area contributed by atoms with E-state index in [9.17, 15) is 0 Å². The van der Waals surface area contributed by atoms with Crippen molar-refractivity contribution in [2.45, 2.75) is 39.2 Å². The Morgan fingerprint density at radius 1 is 1.00 bits per heavy atom. The summed E-state index contributed by atoms with van der Waals surface area (Å²) < 4.78 is 0. The van der Waals surface area contributed by atoms with Gasteiger partial charge < -0.3 is 10.6 Å². The van der Waals surface area contributed by atoms with Gasteiger partial charge in [-0.05, 0) is 25.8 Å². The number of nitrogens with zero attached hydrogens (tertiary/aromatic N) is 3. The average Bonchev–Trinajstić information content (AvgIpc) is 2.84. The maximum atomic E-state index is 5.84. The number of aromatic nitrogens is 2. The van der Waals surface area contributed by atoms with Crippen molar-refractivity contribution in [3.8, 4) is 11.3 Å². The van der Waals surface area contributed by atoms with E-state index in [0.717, 1.165) is 36.0 Å². The zero-order valence-electron chi connectivity index (χ0n) is 13.7. The highest BCUT2D eigenvalue weighted by atomic mass is 35.5. The van der Waals surface area contributed by atoms with Crippen LogP contribution >= 0.6 is 12.4 Å². The Morgan fingerprint density at radius 2 is 1.65 bits per heavy atom. The van der Waals surface area contributed by atoms with Gasteiger partial charge in [-0.3, -0.25) is 0 Å². The third kappa shape index (κ3) is 4.43. The fraction of sp³-hybridized carbons (Fsp3) is 0.444. The minimum absolute atomic E-state index is 0. The van der Waals surface area contributed by atoms with Crippen molar-refractivity contribution in [1.29, 1.82) is 0 Å². The van der Waals surface area contributed by atoms with Crippen LogP contribution in [0.2, 0.25) is 0 Å². The molecule has 0 spiro atoms. The number of hydrogen-bond donors (Lipinski definition) is 1. The first-order valence-corrected chi connectivity index (χ1v) is 8.16. The normalized spacial score (nSPS) is 15.0. The largest absolute Gasteiger partial charge is 0.341 e. The smallest absolute Gasteiger partial charge is 0.226 e. The Balaban J connectivity index is 0.00000192. The summed E-state index contributed by atoms with van der Waals surface area (Å²) >= 11 is 0. The van der Waals surface area contributed by atoms with Gasteiger partial charge in [0.25, 0.3) is 0 Å². The summed E-state index contributed by atoms with van der Waals surface area (Å²) in [6.07, 6.45) is 5.04. The first-order valence-electron chi connectivity index (χ1n) is 8.16. The van der Waals surface area contributed by atoms with Crippen LogP contribution in [-0.4, -0.2) is 23.1 Å². The van der Waals surface area contributed by atoms with Crippen LogP contribution in [0.15, 0.2) is 30.3 Å². The summed E-state index contributed by atoms with van der Waals surface area (Å²) in [5, 5.41) is 0. The first kappa shape index (κ1) is 17.7. The van der Waals surface area contributed by atoms with Gasteiger partial charge in [0.1, 0.15) is 0 Å². The fourth-order valence-electron chi connectivity index (χ4n) is 2.87. The van der Waals surface area contributed by atoms with Crippen molar-refractivity contribution in [3.05, 3.63) is 41.6 Å². The predicted molar refractivity (Wildman–Crippen MR) is 98.0 cm³/mol. The lowest BCUT2D eigenvalue weighted by Gasteiger charge is -2.21. The molecule has 23 heavy (non-hydrogen) atoms. The molecule has 2 heterocycles. The van der Waals surface area contributed by atoms with Crippen LogP contribution in [0.1, 0.15) is 36.9 Å². The predicted octanol–water partition coefficient (Wildman–Crippen LogP) is 3.71. The molecule has 0 aliphatic carbocycles. The second kappa shape index (κ2) is 8.27. The third-order valence-corrected chi connectivity index (χ3v) is 4.21. The van der Waals surface area contributed by atoms with Crippen LogP contribution < -0.4 is 10.6 Å². The Labute approximate surface area is 144 Å². The third-order valence-electron chi connectivity index (χ3n) is 4.21. The van der Waals surface area contributed by atoms with E-state index in [1.807, 2.05) is 6.07 Å². The van der Waals surface area contributed by atoms with Crippen molar-refractivity contribution in [3.63, 3.8) is 0 Å². The van der Waals surface area contributed by atoms with Gasteiger partial charge in [0.15, 0.2) is 0 Å². The highest BCUT2D eigenvalue weighted by Crippen LogP contribution is 2.23. The molecule has 5 heteroatoms. The summed E-state index contributed by atoms with van der Waals surface area (Å²) in [4.78, 5) is 11.8. The summed E-state index contributed by atoms with van der Waals surface area (Å²) in [6, 6.07) is 10.5. The van der Waals surface area contributed by atoms with Gasteiger partial charge in [0, 0.05) is 25.2 Å². The van der Waals surface area contributed by atoms with Gasteiger partial charge in [-0.15, -0.1) is 12.4 Å². The zero-order valence-corrected chi connectivity index (χ0v) is 14.5. The number of hydrogen-bond acceptors (Lipinski definition) is 4. The average molecular weight is 333 g/mol. The van der Waals surface area contributed by atoms with E-state index >= 15 is 0 Å². The Bertz CT molecular complexity index is 619. The number of benzene rings is 1. The zero-order chi connectivity index (χ0) is 15.4. The van der Waals surface area contributed by atoms with Gasteiger partial charge in [-0.1, -0.05) is 42.7 Å². The molecule has 1 saturated heterocycles. The van der Waals surface area contributed by atoms with Crippen molar-refractivity contribution >= 4 is 18.4 Å². The fourth-order valence-corrected chi connectivity index (χ4v) is 2.87. The lowest BCUT2D eigenvalue weighted by Crippen LogP contribution is -2.26. The van der Waals surface area contributed by atoms with E-state index in [0.29, 0.717) is 6.54 Å². The molecule has 4 nitrogen and oxygen atoms in total. The highest BCUT2D eigenvalue weighted by molar-refractivity contribution is 5.85. The molecule has 0 bridgehead atoms. The molecule has 1 aliphatic heterocycles. The summed E-state index contributed by atoms with van der Waals surface area (Å²) in [6.45, 7) is 4.63. The molecule has 1 fully saturated rings. The molecule has 1 aromatic heterocycles. The van der Waals surface area contributed by atoms with Gasteiger partial charge in [0.05, 0.1) is 11.4 Å². The molecule has 0 atom stereocenters. The molecular formula is C18H25ClN4. The van der Waals surface area contributed by atoms with Gasteiger partial charge in [-0.25, -0.2) is 9.97 Å². The molecule has 0 unspecified atom stereocenters. The quantitative estimate of drug-likeness (QED) is 0.930. The molecular weight excluding hydrogens is 308 g/mol. The first-order chi connectivity index (χ1) is 10.8. The van der Waals surface area contributed by atoms with Crippen molar-refractivity contribution in [2.75, 3.05) is 18.0 Å². The van der Waals surface area contributed by atoms with E-state index in [4.69, 9.17) is 10.7 Å². The number of anilines is 1. The molecule has 0 saturated carbocycles. The van der Waals surface area contributed by atoms with E-state index in [2.05, 4.69) is 41.1 Å². The number of halogens is 1. The second-order valence-electron chi connectivity index (χ2n) is 6.02. The van der Waals surface area contributed by atoms with Crippen molar-refractivity contribution in [1.82, 2.24) is 9.97 Å². The maximum absolute atomic E-state index is 5.84. The van der Waals surface area contributed by atoms with Crippen LogP contribution in [0.4, 0.5) is 5.95 Å². The summed E-state index contributed by atoms with van der Waals surface area (Å²) in [7, 11) is 0. The molecule has 1 aromatic carbocycles. The van der Waals surface area contributed by atoms with Gasteiger partial charge >= 0.3 is 0 Å². The maximum Gasteiger partial charge on any atom is 0.226 e. The minimum Gasteiger partial charge on any atom is -0.341 e. The molecule has 2 aromatic rings. The van der Waals surface area contributed by atoms with Crippen LogP contribution in [0, 0.1) is 6.92 Å². The van der Waals surface area contributed by atoms with E-state index in [1.54, 1.807) is 0 Å². The van der Waals surface area contributed by atoms with Crippen LogP contribution in [-0.2, 0) is 6.54 Å². The number of nitrogens with two attached hydrogens (primary N) is 1. The van der Waals surface area contributed by atoms with Crippen LogP contribution in [0.25, 0.3) is 11.3 Å². The molecule has 0 radical (unpaired) electrons. The lowest BCUT2D eigenvalue weighted by atomic mass is 10.1. The van der Waals surface area contributed by atoms with Crippen LogP contribution in [0.5, 0.6) is 0 Å². The van der Waals surface area contributed by atoms with E-state index in [-0.39, 0.29) is 12.4 Å². The Hall–Kier alpha value is -1.65. The molecule has 2 N–H and O–H groups in total. The summed E-state index contributed by atoms with van der Waals surface area (Å²) in [5.41, 5.74) is 10.1. The molecule has 1 aliphatic rings.